The summed E-state index contributed by atoms with van der Waals surface area (Å²) >= 11 is 1.05. The predicted octanol–water partition coefficient (Wildman–Crippen LogP) is 3.62. The Kier molecular flexibility index (Phi) is 10.3. The Labute approximate surface area is 230 Å². The first-order chi connectivity index (χ1) is 18.6. The van der Waals surface area contributed by atoms with E-state index in [1.165, 1.54) is 43.0 Å². The molecule has 0 aliphatic rings. The summed E-state index contributed by atoms with van der Waals surface area (Å²) in [5.41, 5.74) is 4.66. The minimum Gasteiger partial charge on any atom is -0.480 e. The first kappa shape index (κ1) is 29.4. The van der Waals surface area contributed by atoms with Crippen molar-refractivity contribution < 1.29 is 33.8 Å². The third kappa shape index (κ3) is 7.70. The molecule has 11 heteroatoms. The largest absolute Gasteiger partial charge is 0.480 e. The third-order valence-corrected chi connectivity index (χ3v) is 7.09. The molecule has 2 aromatic carbocycles. The Balaban J connectivity index is 1.81. The van der Waals surface area contributed by atoms with Gasteiger partial charge in [0.15, 0.2) is 5.12 Å². The molecule has 3 N–H and O–H groups in total. The topological polar surface area (TPSA) is 144 Å². The van der Waals surface area contributed by atoms with Crippen LogP contribution in [0.2, 0.25) is 0 Å². The Bertz CT molecular complexity index is 1370. The van der Waals surface area contributed by atoms with Gasteiger partial charge in [0.1, 0.15) is 6.04 Å². The van der Waals surface area contributed by atoms with Crippen LogP contribution in [0.3, 0.4) is 0 Å². The minimum absolute atomic E-state index is 0.0169. The number of ether oxygens (including phenoxy) is 1. The van der Waals surface area contributed by atoms with Gasteiger partial charge in [0.25, 0.3) is 5.91 Å². The van der Waals surface area contributed by atoms with Crippen molar-refractivity contribution in [2.24, 2.45) is 5.92 Å². The van der Waals surface area contributed by atoms with E-state index in [1.807, 2.05) is 13.0 Å². The molecular formula is C28H31N3O7S. The molecule has 1 heterocycles. The van der Waals surface area contributed by atoms with Crippen LogP contribution in [0.15, 0.2) is 54.7 Å². The summed E-state index contributed by atoms with van der Waals surface area (Å²) in [6, 6.07) is 11.9. The van der Waals surface area contributed by atoms with Gasteiger partial charge in [-0.2, -0.15) is 0 Å². The normalized spacial score (nSPS) is 12.4. The zero-order valence-corrected chi connectivity index (χ0v) is 22.7. The maximum Gasteiger partial charge on any atom is 0.337 e. The van der Waals surface area contributed by atoms with Crippen LogP contribution >= 0.6 is 11.8 Å². The number of carbonyl (C=O) groups excluding carboxylic acids is 4. The molecule has 3 aromatic rings. The number of aliphatic carboxylic acids is 1. The standard InChI is InChI=1S/C28H31N3O7S/c1-4-7-20(16-39-17(2)32)25(33)29-23(27(35)36)14-21-15-31(24-9-6-5-8-22(21)24)30-26(34)18-10-12-19(13-11-18)28(37)38-3/h5-6,8-13,15,20,23H,4,7,14,16H2,1-3H3,(H,29,33)(H,30,34)(H,35,36)/t20?,23-/m0/s1. The predicted molar refractivity (Wildman–Crippen MR) is 148 cm³/mol. The van der Waals surface area contributed by atoms with E-state index >= 15 is 0 Å². The highest BCUT2D eigenvalue weighted by Gasteiger charge is 2.27. The fraction of sp³-hybridized carbons (Fsp3) is 0.321. The smallest absolute Gasteiger partial charge is 0.337 e. The molecule has 1 unspecified atom stereocenters. The Morgan fingerprint density at radius 3 is 2.31 bits per heavy atom. The summed E-state index contributed by atoms with van der Waals surface area (Å²) in [5, 5.41) is 13.1. The molecule has 3 rings (SSSR count). The van der Waals surface area contributed by atoms with E-state index in [0.29, 0.717) is 35.0 Å². The van der Waals surface area contributed by atoms with Gasteiger partial charge < -0.3 is 15.2 Å². The second kappa shape index (κ2) is 13.6. The van der Waals surface area contributed by atoms with Crippen molar-refractivity contribution in [3.63, 3.8) is 0 Å². The number of rotatable bonds is 12. The zero-order valence-electron chi connectivity index (χ0n) is 21.9. The van der Waals surface area contributed by atoms with Crippen molar-refractivity contribution in [1.82, 2.24) is 9.99 Å². The Morgan fingerprint density at radius 2 is 1.69 bits per heavy atom. The quantitative estimate of drug-likeness (QED) is 0.289. The summed E-state index contributed by atoms with van der Waals surface area (Å²) in [7, 11) is 1.27. The van der Waals surface area contributed by atoms with E-state index in [4.69, 9.17) is 0 Å². The van der Waals surface area contributed by atoms with E-state index in [2.05, 4.69) is 15.5 Å². The molecule has 1 aromatic heterocycles. The number of amides is 2. The SMILES string of the molecule is CCCC(CSC(C)=O)C(=O)N[C@@H](Cc1cn(NC(=O)c2ccc(C(=O)OC)cc2)c2ccccc12)C(=O)O. The van der Waals surface area contributed by atoms with Crippen LogP contribution < -0.4 is 10.7 Å². The lowest BCUT2D eigenvalue weighted by molar-refractivity contribution is -0.142. The lowest BCUT2D eigenvalue weighted by Crippen LogP contribution is -2.45. The molecule has 0 saturated heterocycles. The van der Waals surface area contributed by atoms with E-state index < -0.39 is 35.7 Å². The number of esters is 1. The second-order valence-corrected chi connectivity index (χ2v) is 10.1. The number of nitrogens with zero attached hydrogens (tertiary/aromatic N) is 1. The lowest BCUT2D eigenvalue weighted by atomic mass is 10.0. The van der Waals surface area contributed by atoms with Crippen LogP contribution in [0.25, 0.3) is 10.9 Å². The van der Waals surface area contributed by atoms with Gasteiger partial charge in [-0.1, -0.05) is 43.3 Å². The molecule has 0 radical (unpaired) electrons. The summed E-state index contributed by atoms with van der Waals surface area (Å²) < 4.78 is 6.18. The number of fused-ring (bicyclic) bond motifs is 1. The fourth-order valence-corrected chi connectivity index (χ4v) is 4.87. The number of carboxylic acid groups (broad SMARTS) is 1. The number of aromatic nitrogens is 1. The van der Waals surface area contributed by atoms with Crippen LogP contribution in [0.4, 0.5) is 0 Å². The number of hydrogen-bond acceptors (Lipinski definition) is 7. The van der Waals surface area contributed by atoms with Crippen molar-refractivity contribution in [3.8, 4) is 0 Å². The molecule has 0 saturated carbocycles. The number of thioether (sulfide) groups is 1. The van der Waals surface area contributed by atoms with Crippen molar-refractivity contribution in [2.45, 2.75) is 39.2 Å². The zero-order chi connectivity index (χ0) is 28.5. The number of benzene rings is 2. The van der Waals surface area contributed by atoms with Crippen LogP contribution in [0.1, 0.15) is 53.0 Å². The molecule has 0 spiro atoms. The lowest BCUT2D eigenvalue weighted by Gasteiger charge is -2.19. The van der Waals surface area contributed by atoms with Crippen LogP contribution in [-0.2, 0) is 25.5 Å². The maximum absolute atomic E-state index is 12.9. The van der Waals surface area contributed by atoms with E-state index in [0.717, 1.165) is 17.1 Å². The van der Waals surface area contributed by atoms with Gasteiger partial charge in [0, 0.05) is 42.2 Å². The number of hydrogen-bond donors (Lipinski definition) is 3. The maximum atomic E-state index is 12.9. The first-order valence-corrected chi connectivity index (χ1v) is 13.4. The van der Waals surface area contributed by atoms with Crippen LogP contribution in [0.5, 0.6) is 0 Å². The number of para-hydroxylation sites is 1. The summed E-state index contributed by atoms with van der Waals surface area (Å²) in [5.74, 6) is -2.76. The average Bonchev–Trinajstić information content (AvgIpc) is 3.26. The molecule has 10 nitrogen and oxygen atoms in total. The third-order valence-electron chi connectivity index (χ3n) is 6.12. The monoisotopic (exact) mass is 553 g/mol. The van der Waals surface area contributed by atoms with E-state index in [9.17, 15) is 29.1 Å². The highest BCUT2D eigenvalue weighted by atomic mass is 32.2. The molecular weight excluding hydrogens is 522 g/mol. The highest BCUT2D eigenvalue weighted by molar-refractivity contribution is 8.13. The Morgan fingerprint density at radius 1 is 1.03 bits per heavy atom. The summed E-state index contributed by atoms with van der Waals surface area (Å²) in [6.45, 7) is 3.35. The van der Waals surface area contributed by atoms with Gasteiger partial charge in [-0.3, -0.25) is 24.5 Å². The van der Waals surface area contributed by atoms with Crippen LogP contribution in [0, 0.1) is 5.92 Å². The molecule has 0 fully saturated rings. The van der Waals surface area contributed by atoms with Crippen molar-refractivity contribution >= 4 is 51.5 Å². The van der Waals surface area contributed by atoms with Crippen molar-refractivity contribution in [2.75, 3.05) is 18.3 Å². The van der Waals surface area contributed by atoms with Gasteiger partial charge >= 0.3 is 11.9 Å². The molecule has 0 aliphatic carbocycles. The van der Waals surface area contributed by atoms with Gasteiger partial charge in [-0.25, -0.2) is 9.59 Å². The molecule has 2 atom stereocenters. The van der Waals surface area contributed by atoms with Crippen LogP contribution in [-0.4, -0.2) is 57.6 Å². The first-order valence-electron chi connectivity index (χ1n) is 12.4. The molecule has 39 heavy (non-hydrogen) atoms. The number of carbonyl (C=O) groups is 5. The van der Waals surface area contributed by atoms with E-state index in [1.54, 1.807) is 24.4 Å². The minimum atomic E-state index is -1.21. The molecule has 0 aliphatic heterocycles. The summed E-state index contributed by atoms with van der Waals surface area (Å²) in [4.78, 5) is 61.0. The van der Waals surface area contributed by atoms with Gasteiger partial charge in [0.05, 0.1) is 18.2 Å². The number of nitrogens with one attached hydrogen (secondary N) is 2. The average molecular weight is 554 g/mol. The van der Waals surface area contributed by atoms with Gasteiger partial charge in [-0.15, -0.1) is 0 Å². The highest BCUT2D eigenvalue weighted by Crippen LogP contribution is 2.23. The second-order valence-electron chi connectivity index (χ2n) is 8.94. The Hall–Kier alpha value is -4.12. The van der Waals surface area contributed by atoms with Gasteiger partial charge in [-0.05, 0) is 42.3 Å². The van der Waals surface area contributed by atoms with Gasteiger partial charge in [0.2, 0.25) is 5.91 Å². The molecule has 206 valence electrons. The molecule has 0 bridgehead atoms. The number of carboxylic acids is 1. The molecule has 2 amide bonds. The number of methoxy groups -OCH3 is 1. The van der Waals surface area contributed by atoms with Crippen molar-refractivity contribution in [3.05, 3.63) is 71.4 Å². The van der Waals surface area contributed by atoms with E-state index in [-0.39, 0.29) is 17.3 Å². The summed E-state index contributed by atoms with van der Waals surface area (Å²) in [6.07, 6.45) is 2.86. The van der Waals surface area contributed by atoms with Crippen molar-refractivity contribution in [1.29, 1.82) is 0 Å². The fourth-order valence-electron chi connectivity index (χ4n) is 4.12.